The Kier molecular flexibility index (Phi) is 2.80. The van der Waals surface area contributed by atoms with E-state index >= 15 is 0 Å². The van der Waals surface area contributed by atoms with Gasteiger partial charge in [-0.15, -0.1) is 0 Å². The molecule has 0 amide bonds. The zero-order valence-corrected chi connectivity index (χ0v) is 11.9. The van der Waals surface area contributed by atoms with E-state index < -0.39 is 0 Å². The van der Waals surface area contributed by atoms with Crippen molar-refractivity contribution in [3.05, 3.63) is 44.5 Å². The Bertz CT molecular complexity index is 764. The normalized spacial score (nSPS) is 11.2. The molecule has 0 bridgehead atoms. The molecule has 3 aromatic heterocycles. The van der Waals surface area contributed by atoms with E-state index in [9.17, 15) is 0 Å². The van der Waals surface area contributed by atoms with Gasteiger partial charge in [0.25, 0.3) is 0 Å². The lowest BCUT2D eigenvalue weighted by Gasteiger charge is -2.03. The molecule has 0 saturated heterocycles. The number of pyridine rings is 1. The Morgan fingerprint density at radius 3 is 2.94 bits per heavy atom. The van der Waals surface area contributed by atoms with Crippen LogP contribution in [0.5, 0.6) is 0 Å². The van der Waals surface area contributed by atoms with Gasteiger partial charge in [0.15, 0.2) is 10.4 Å². The molecule has 0 unspecified atom stereocenters. The second-order valence-corrected chi connectivity index (χ2v) is 5.61. The van der Waals surface area contributed by atoms with Crippen LogP contribution < -0.4 is 0 Å². The summed E-state index contributed by atoms with van der Waals surface area (Å²) in [5.74, 6) is 0. The summed E-state index contributed by atoms with van der Waals surface area (Å²) in [6.45, 7) is 4.94. The Balaban J connectivity index is 2.15. The fraction of sp³-hybridized carbons (Fsp3) is 0.231. The minimum Gasteiger partial charge on any atom is -0.329 e. The smallest absolute Gasteiger partial charge is 0.179 e. The van der Waals surface area contributed by atoms with Gasteiger partial charge in [0.05, 0.1) is 12.1 Å². The van der Waals surface area contributed by atoms with Crippen molar-refractivity contribution in [3.8, 4) is 0 Å². The lowest BCUT2D eigenvalue weighted by atomic mass is 10.2. The number of fused-ring (bicyclic) bond motifs is 1. The van der Waals surface area contributed by atoms with Crippen LogP contribution in [0, 0.1) is 18.6 Å². The van der Waals surface area contributed by atoms with Crippen LogP contribution in [-0.2, 0) is 6.54 Å². The molecule has 3 nitrogen and oxygen atoms in total. The van der Waals surface area contributed by atoms with Gasteiger partial charge in [0.2, 0.25) is 0 Å². The molecule has 0 atom stereocenters. The topological polar surface area (TPSA) is 33.6 Å². The zero-order chi connectivity index (χ0) is 12.7. The molecule has 0 aliphatic rings. The standard InChI is InChI=1S/C13H13N3S2/c1-8-3-11-12(14-4-8)16(13(17)15-11)5-10-7-18-6-9(10)2/h3-4,6-7H,5H2,1-2H3,(H,15,17). The second kappa shape index (κ2) is 4.33. The summed E-state index contributed by atoms with van der Waals surface area (Å²) in [6.07, 6.45) is 1.88. The van der Waals surface area contributed by atoms with Crippen molar-refractivity contribution in [2.45, 2.75) is 20.4 Å². The van der Waals surface area contributed by atoms with Gasteiger partial charge in [-0.3, -0.25) is 4.57 Å². The van der Waals surface area contributed by atoms with Gasteiger partial charge in [-0.05, 0) is 59.6 Å². The van der Waals surface area contributed by atoms with E-state index in [4.69, 9.17) is 12.2 Å². The molecule has 0 fully saturated rings. The Hall–Kier alpha value is -1.46. The van der Waals surface area contributed by atoms with Crippen LogP contribution in [0.2, 0.25) is 0 Å². The third kappa shape index (κ3) is 1.89. The second-order valence-electron chi connectivity index (χ2n) is 4.48. The van der Waals surface area contributed by atoms with Gasteiger partial charge in [-0.1, -0.05) is 0 Å². The van der Waals surface area contributed by atoms with Crippen LogP contribution in [-0.4, -0.2) is 14.5 Å². The largest absolute Gasteiger partial charge is 0.329 e. The number of rotatable bonds is 2. The summed E-state index contributed by atoms with van der Waals surface area (Å²) in [5, 5.41) is 4.33. The van der Waals surface area contributed by atoms with E-state index in [2.05, 4.69) is 38.3 Å². The van der Waals surface area contributed by atoms with Crippen molar-refractivity contribution in [3.63, 3.8) is 0 Å². The SMILES string of the molecule is Cc1cnc2c(c1)[nH]c(=S)n2Cc1cscc1C. The summed E-state index contributed by atoms with van der Waals surface area (Å²) in [6, 6.07) is 2.08. The average Bonchev–Trinajstić information content (AvgIpc) is 2.85. The van der Waals surface area contributed by atoms with Crippen molar-refractivity contribution in [1.82, 2.24) is 14.5 Å². The number of thiophene rings is 1. The summed E-state index contributed by atoms with van der Waals surface area (Å²) in [5.41, 5.74) is 5.68. The van der Waals surface area contributed by atoms with Gasteiger partial charge >= 0.3 is 0 Å². The molecule has 0 aliphatic carbocycles. The highest BCUT2D eigenvalue weighted by Crippen LogP contribution is 2.19. The molecule has 92 valence electrons. The summed E-state index contributed by atoms with van der Waals surface area (Å²) < 4.78 is 2.78. The molecule has 3 rings (SSSR count). The first-order chi connectivity index (χ1) is 8.65. The van der Waals surface area contributed by atoms with Crippen LogP contribution >= 0.6 is 23.6 Å². The van der Waals surface area contributed by atoms with Crippen LogP contribution in [0.4, 0.5) is 0 Å². The maximum absolute atomic E-state index is 5.38. The molecule has 18 heavy (non-hydrogen) atoms. The monoisotopic (exact) mass is 275 g/mol. The van der Waals surface area contributed by atoms with Crippen LogP contribution in [0.3, 0.4) is 0 Å². The third-order valence-electron chi connectivity index (χ3n) is 3.04. The van der Waals surface area contributed by atoms with E-state index in [1.807, 2.05) is 13.1 Å². The van der Waals surface area contributed by atoms with Gasteiger partial charge in [-0.2, -0.15) is 11.3 Å². The van der Waals surface area contributed by atoms with Gasteiger partial charge in [-0.25, -0.2) is 4.98 Å². The maximum Gasteiger partial charge on any atom is 0.179 e. The molecule has 0 spiro atoms. The first kappa shape index (κ1) is 11.6. The number of nitrogens with one attached hydrogen (secondary N) is 1. The lowest BCUT2D eigenvalue weighted by Crippen LogP contribution is -2.01. The lowest BCUT2D eigenvalue weighted by molar-refractivity contribution is 0.799. The molecule has 0 aliphatic heterocycles. The van der Waals surface area contributed by atoms with E-state index in [0.29, 0.717) is 0 Å². The van der Waals surface area contributed by atoms with E-state index in [1.165, 1.54) is 11.1 Å². The summed E-state index contributed by atoms with van der Waals surface area (Å²) >= 11 is 7.11. The van der Waals surface area contributed by atoms with Gasteiger partial charge < -0.3 is 4.98 Å². The average molecular weight is 275 g/mol. The molecule has 0 aromatic carbocycles. The molecule has 3 aromatic rings. The third-order valence-corrected chi connectivity index (χ3v) is 4.27. The first-order valence-electron chi connectivity index (χ1n) is 5.72. The number of aryl methyl sites for hydroxylation is 2. The number of H-pyrrole nitrogens is 1. The van der Waals surface area contributed by atoms with Crippen LogP contribution in [0.15, 0.2) is 23.0 Å². The number of hydrogen-bond donors (Lipinski definition) is 1. The quantitative estimate of drug-likeness (QED) is 0.721. The number of aromatic amines is 1. The van der Waals surface area contributed by atoms with Gasteiger partial charge in [0, 0.05) is 6.20 Å². The van der Waals surface area contributed by atoms with Gasteiger partial charge in [0.1, 0.15) is 0 Å². The van der Waals surface area contributed by atoms with Crippen molar-refractivity contribution in [2.24, 2.45) is 0 Å². The van der Waals surface area contributed by atoms with Crippen molar-refractivity contribution in [1.29, 1.82) is 0 Å². The summed E-state index contributed by atoms with van der Waals surface area (Å²) in [4.78, 5) is 7.70. The highest BCUT2D eigenvalue weighted by atomic mass is 32.1. The van der Waals surface area contributed by atoms with Crippen molar-refractivity contribution >= 4 is 34.7 Å². The number of imidazole rings is 1. The first-order valence-corrected chi connectivity index (χ1v) is 7.07. The molecule has 5 heteroatoms. The van der Waals surface area contributed by atoms with Crippen molar-refractivity contribution < 1.29 is 0 Å². The molecular formula is C13H13N3S2. The van der Waals surface area contributed by atoms with E-state index in [1.54, 1.807) is 11.3 Å². The molecule has 0 radical (unpaired) electrons. The summed E-state index contributed by atoms with van der Waals surface area (Å²) in [7, 11) is 0. The zero-order valence-electron chi connectivity index (χ0n) is 10.2. The molecule has 1 N–H and O–H groups in total. The Morgan fingerprint density at radius 2 is 2.22 bits per heavy atom. The maximum atomic E-state index is 5.38. The fourth-order valence-electron chi connectivity index (χ4n) is 2.01. The van der Waals surface area contributed by atoms with Crippen LogP contribution in [0.25, 0.3) is 11.2 Å². The van der Waals surface area contributed by atoms with E-state index in [0.717, 1.165) is 28.0 Å². The minimum absolute atomic E-state index is 0.730. The predicted molar refractivity (Wildman–Crippen MR) is 77.8 cm³/mol. The Morgan fingerprint density at radius 1 is 1.39 bits per heavy atom. The minimum atomic E-state index is 0.730. The highest BCUT2D eigenvalue weighted by Gasteiger charge is 2.08. The number of nitrogens with zero attached hydrogens (tertiary/aromatic N) is 2. The predicted octanol–water partition coefficient (Wildman–Crippen LogP) is 3.82. The molecule has 3 heterocycles. The fourth-order valence-corrected chi connectivity index (χ4v) is 3.12. The van der Waals surface area contributed by atoms with Crippen molar-refractivity contribution in [2.75, 3.05) is 0 Å². The molecule has 0 saturated carbocycles. The number of aromatic nitrogens is 3. The Labute approximate surface area is 114 Å². The van der Waals surface area contributed by atoms with Crippen LogP contribution in [0.1, 0.15) is 16.7 Å². The number of hydrogen-bond acceptors (Lipinski definition) is 3. The van der Waals surface area contributed by atoms with E-state index in [-0.39, 0.29) is 0 Å². The molecular weight excluding hydrogens is 262 g/mol. The highest BCUT2D eigenvalue weighted by molar-refractivity contribution is 7.71.